The van der Waals surface area contributed by atoms with Crippen LogP contribution in [0, 0.1) is 5.92 Å². The average Bonchev–Trinajstić information content (AvgIpc) is 3.21. The summed E-state index contributed by atoms with van der Waals surface area (Å²) in [6, 6.07) is 8.87. The van der Waals surface area contributed by atoms with Gasteiger partial charge in [-0.15, -0.1) is 0 Å². The molecule has 0 aromatic heterocycles. The van der Waals surface area contributed by atoms with Crippen LogP contribution in [0.5, 0.6) is 5.75 Å². The molecule has 0 bridgehead atoms. The molecule has 1 N–H and O–H groups in total. The van der Waals surface area contributed by atoms with Crippen LogP contribution in [0.4, 0.5) is 0 Å². The van der Waals surface area contributed by atoms with Crippen LogP contribution in [0.1, 0.15) is 24.8 Å². The van der Waals surface area contributed by atoms with Gasteiger partial charge in [-0.1, -0.05) is 12.1 Å². The summed E-state index contributed by atoms with van der Waals surface area (Å²) in [5, 5.41) is 10.4. The number of methoxy groups -OCH3 is 1. The summed E-state index contributed by atoms with van der Waals surface area (Å²) in [6.07, 6.45) is 3.22. The Morgan fingerprint density at radius 1 is 1.29 bits per heavy atom. The van der Waals surface area contributed by atoms with Crippen LogP contribution in [0.15, 0.2) is 24.3 Å². The van der Waals surface area contributed by atoms with Gasteiger partial charge in [0.05, 0.1) is 19.8 Å². The Morgan fingerprint density at radius 3 is 2.62 bits per heavy atom. The molecule has 1 aliphatic heterocycles. The highest BCUT2D eigenvalue weighted by Gasteiger charge is 2.33. The minimum absolute atomic E-state index is 0.272. The van der Waals surface area contributed by atoms with Gasteiger partial charge >= 0.3 is 0 Å². The predicted molar refractivity (Wildman–Crippen MR) is 81.4 cm³/mol. The average molecular weight is 291 g/mol. The minimum atomic E-state index is -0.272. The van der Waals surface area contributed by atoms with Gasteiger partial charge in [-0.25, -0.2) is 0 Å². The molecule has 2 fully saturated rings. The smallest absolute Gasteiger partial charge is 0.118 e. The SMILES string of the molecule is COc1ccc(CN(CC(O)C2CCOC2)C2CC2)cc1. The molecule has 2 atom stereocenters. The Labute approximate surface area is 126 Å². The summed E-state index contributed by atoms with van der Waals surface area (Å²) in [6.45, 7) is 3.16. The molecule has 1 aliphatic carbocycles. The zero-order valence-electron chi connectivity index (χ0n) is 12.7. The first kappa shape index (κ1) is 14.8. The van der Waals surface area contributed by atoms with E-state index in [1.807, 2.05) is 12.1 Å². The molecule has 1 heterocycles. The molecule has 1 saturated heterocycles. The summed E-state index contributed by atoms with van der Waals surface area (Å²) >= 11 is 0. The topological polar surface area (TPSA) is 41.9 Å². The summed E-state index contributed by atoms with van der Waals surface area (Å²) in [5.74, 6) is 1.20. The molecule has 2 aliphatic rings. The van der Waals surface area contributed by atoms with Crippen LogP contribution in [0.25, 0.3) is 0 Å². The Balaban J connectivity index is 1.58. The van der Waals surface area contributed by atoms with Gasteiger partial charge in [0.1, 0.15) is 5.75 Å². The molecule has 21 heavy (non-hydrogen) atoms. The quantitative estimate of drug-likeness (QED) is 0.835. The van der Waals surface area contributed by atoms with Crippen LogP contribution in [0.3, 0.4) is 0 Å². The van der Waals surface area contributed by atoms with Gasteiger partial charge in [0, 0.05) is 31.7 Å². The molecule has 4 nitrogen and oxygen atoms in total. The van der Waals surface area contributed by atoms with Crippen LogP contribution < -0.4 is 4.74 Å². The van der Waals surface area contributed by atoms with E-state index in [1.54, 1.807) is 7.11 Å². The van der Waals surface area contributed by atoms with E-state index in [-0.39, 0.29) is 6.10 Å². The summed E-state index contributed by atoms with van der Waals surface area (Å²) in [7, 11) is 1.69. The van der Waals surface area contributed by atoms with Crippen molar-refractivity contribution in [3.8, 4) is 5.75 Å². The van der Waals surface area contributed by atoms with E-state index in [0.29, 0.717) is 18.6 Å². The summed E-state index contributed by atoms with van der Waals surface area (Å²) in [5.41, 5.74) is 1.28. The lowest BCUT2D eigenvalue weighted by Gasteiger charge is -2.27. The van der Waals surface area contributed by atoms with Crippen molar-refractivity contribution < 1.29 is 14.6 Å². The zero-order chi connectivity index (χ0) is 14.7. The van der Waals surface area contributed by atoms with E-state index in [1.165, 1.54) is 18.4 Å². The molecule has 0 amide bonds. The molecule has 1 saturated carbocycles. The third kappa shape index (κ3) is 3.96. The number of benzene rings is 1. The molecular weight excluding hydrogens is 266 g/mol. The molecule has 1 aromatic rings. The van der Waals surface area contributed by atoms with Gasteiger partial charge in [-0.05, 0) is 37.0 Å². The van der Waals surface area contributed by atoms with Crippen molar-refractivity contribution in [2.45, 2.75) is 38.0 Å². The summed E-state index contributed by atoms with van der Waals surface area (Å²) < 4.78 is 10.6. The van der Waals surface area contributed by atoms with Gasteiger partial charge in [0.25, 0.3) is 0 Å². The van der Waals surface area contributed by atoms with Gasteiger partial charge in [0.15, 0.2) is 0 Å². The third-order valence-electron chi connectivity index (χ3n) is 4.54. The van der Waals surface area contributed by atoms with Crippen molar-refractivity contribution in [3.63, 3.8) is 0 Å². The van der Waals surface area contributed by atoms with Gasteiger partial charge < -0.3 is 14.6 Å². The van der Waals surface area contributed by atoms with Crippen LogP contribution >= 0.6 is 0 Å². The van der Waals surface area contributed by atoms with E-state index >= 15 is 0 Å². The Morgan fingerprint density at radius 2 is 2.05 bits per heavy atom. The molecule has 0 radical (unpaired) electrons. The van der Waals surface area contributed by atoms with Gasteiger partial charge in [-0.2, -0.15) is 0 Å². The maximum absolute atomic E-state index is 10.4. The first-order valence-electron chi connectivity index (χ1n) is 7.89. The van der Waals surface area contributed by atoms with Crippen molar-refractivity contribution in [1.82, 2.24) is 4.90 Å². The summed E-state index contributed by atoms with van der Waals surface area (Å²) in [4.78, 5) is 2.42. The molecule has 1 aromatic carbocycles. The maximum atomic E-state index is 10.4. The predicted octanol–water partition coefficient (Wildman–Crippen LogP) is 2.06. The van der Waals surface area contributed by atoms with Crippen LogP contribution in [-0.2, 0) is 11.3 Å². The van der Waals surface area contributed by atoms with E-state index in [2.05, 4.69) is 17.0 Å². The number of hydrogen-bond donors (Lipinski definition) is 1. The first-order chi connectivity index (χ1) is 10.3. The van der Waals surface area contributed by atoms with Crippen molar-refractivity contribution in [2.24, 2.45) is 5.92 Å². The molecule has 0 spiro atoms. The number of aliphatic hydroxyl groups excluding tert-OH is 1. The normalized spacial score (nSPS) is 23.5. The lowest BCUT2D eigenvalue weighted by atomic mass is 10.0. The highest BCUT2D eigenvalue weighted by Crippen LogP contribution is 2.30. The molecule has 2 unspecified atom stereocenters. The Kier molecular flexibility index (Phi) is 4.78. The standard InChI is InChI=1S/C17H25NO3/c1-20-16-6-2-13(3-7-16)10-18(15-4-5-15)11-17(19)14-8-9-21-12-14/h2-3,6-7,14-15,17,19H,4-5,8-12H2,1H3. The molecular formula is C17H25NO3. The largest absolute Gasteiger partial charge is 0.497 e. The van der Waals surface area contributed by atoms with E-state index in [9.17, 15) is 5.11 Å². The highest BCUT2D eigenvalue weighted by molar-refractivity contribution is 5.27. The van der Waals surface area contributed by atoms with E-state index < -0.39 is 0 Å². The Hall–Kier alpha value is -1.10. The minimum Gasteiger partial charge on any atom is -0.497 e. The number of hydrogen-bond acceptors (Lipinski definition) is 4. The highest BCUT2D eigenvalue weighted by atomic mass is 16.5. The van der Waals surface area contributed by atoms with E-state index in [0.717, 1.165) is 31.9 Å². The maximum Gasteiger partial charge on any atom is 0.118 e. The number of nitrogens with zero attached hydrogens (tertiary/aromatic N) is 1. The van der Waals surface area contributed by atoms with Gasteiger partial charge in [0.2, 0.25) is 0 Å². The fourth-order valence-corrected chi connectivity index (χ4v) is 2.99. The van der Waals surface area contributed by atoms with E-state index in [4.69, 9.17) is 9.47 Å². The van der Waals surface area contributed by atoms with Crippen molar-refractivity contribution in [3.05, 3.63) is 29.8 Å². The second-order valence-corrected chi connectivity index (χ2v) is 6.20. The fourth-order valence-electron chi connectivity index (χ4n) is 2.99. The number of rotatable bonds is 7. The second-order valence-electron chi connectivity index (χ2n) is 6.20. The zero-order valence-corrected chi connectivity index (χ0v) is 12.7. The van der Waals surface area contributed by atoms with Crippen LogP contribution in [0.2, 0.25) is 0 Å². The van der Waals surface area contributed by atoms with Crippen molar-refractivity contribution in [1.29, 1.82) is 0 Å². The van der Waals surface area contributed by atoms with Crippen molar-refractivity contribution in [2.75, 3.05) is 26.9 Å². The Bertz CT molecular complexity index is 438. The lowest BCUT2D eigenvalue weighted by Crippen LogP contribution is -2.37. The second kappa shape index (κ2) is 6.77. The third-order valence-corrected chi connectivity index (χ3v) is 4.54. The number of aliphatic hydroxyl groups is 1. The molecule has 116 valence electrons. The number of ether oxygens (including phenoxy) is 2. The van der Waals surface area contributed by atoms with Gasteiger partial charge in [-0.3, -0.25) is 4.90 Å². The lowest BCUT2D eigenvalue weighted by molar-refractivity contribution is 0.0506. The van der Waals surface area contributed by atoms with Crippen molar-refractivity contribution >= 4 is 0 Å². The van der Waals surface area contributed by atoms with Crippen LogP contribution in [-0.4, -0.2) is 49.0 Å². The first-order valence-corrected chi connectivity index (χ1v) is 7.89. The molecule has 3 rings (SSSR count). The monoisotopic (exact) mass is 291 g/mol. The molecule has 4 heteroatoms. The fraction of sp³-hybridized carbons (Fsp3) is 0.647.